The molecule has 1 aromatic carbocycles. The maximum absolute atomic E-state index is 5.58. The standard InChI is InChI=1S/C22H21N5OS/c1-2-28-20-7-5-19(6-8-20)27-21(18-4-3-12-24-16-18)25-26-22(27)29-15-11-17-9-13-23-14-10-17/h3-10,12-14,16H,2,11,15H2,1H3. The SMILES string of the molecule is CCOc1ccc(-n2c(SCCc3ccncc3)nnc2-c2cccnc2)cc1. The number of thioether (sulfide) groups is 1. The number of aryl methyl sites for hydroxylation is 1. The molecule has 146 valence electrons. The molecule has 0 saturated heterocycles. The van der Waals surface area contributed by atoms with Crippen molar-refractivity contribution in [2.75, 3.05) is 12.4 Å². The van der Waals surface area contributed by atoms with Crippen LogP contribution in [0, 0.1) is 0 Å². The molecule has 4 rings (SSSR count). The quantitative estimate of drug-likeness (QED) is 0.405. The van der Waals surface area contributed by atoms with Gasteiger partial charge >= 0.3 is 0 Å². The molecule has 3 heterocycles. The van der Waals surface area contributed by atoms with Gasteiger partial charge in [0, 0.05) is 41.8 Å². The Balaban J connectivity index is 1.63. The highest BCUT2D eigenvalue weighted by Gasteiger charge is 2.16. The Labute approximate surface area is 174 Å². The minimum absolute atomic E-state index is 0.642. The maximum Gasteiger partial charge on any atom is 0.196 e. The molecular formula is C22H21N5OS. The lowest BCUT2D eigenvalue weighted by Gasteiger charge is -2.11. The zero-order valence-electron chi connectivity index (χ0n) is 16.1. The van der Waals surface area contributed by atoms with E-state index in [4.69, 9.17) is 4.74 Å². The summed E-state index contributed by atoms with van der Waals surface area (Å²) >= 11 is 1.68. The second-order valence-corrected chi connectivity index (χ2v) is 7.33. The smallest absolute Gasteiger partial charge is 0.196 e. The largest absolute Gasteiger partial charge is 0.494 e. The fourth-order valence-corrected chi connectivity index (χ4v) is 3.89. The van der Waals surface area contributed by atoms with Gasteiger partial charge in [-0.2, -0.15) is 0 Å². The summed E-state index contributed by atoms with van der Waals surface area (Å²) < 4.78 is 7.65. The highest BCUT2D eigenvalue weighted by atomic mass is 32.2. The Morgan fingerprint density at radius 3 is 2.48 bits per heavy atom. The number of aromatic nitrogens is 5. The van der Waals surface area contributed by atoms with Crippen LogP contribution in [0.3, 0.4) is 0 Å². The molecule has 0 radical (unpaired) electrons. The van der Waals surface area contributed by atoms with Gasteiger partial charge in [0.1, 0.15) is 5.75 Å². The van der Waals surface area contributed by atoms with Crippen LogP contribution >= 0.6 is 11.8 Å². The predicted octanol–water partition coefficient (Wildman–Crippen LogP) is 4.46. The van der Waals surface area contributed by atoms with Gasteiger partial charge in [0.05, 0.1) is 6.61 Å². The summed E-state index contributed by atoms with van der Waals surface area (Å²) in [7, 11) is 0. The van der Waals surface area contributed by atoms with Crippen molar-refractivity contribution in [2.45, 2.75) is 18.5 Å². The van der Waals surface area contributed by atoms with E-state index in [9.17, 15) is 0 Å². The summed E-state index contributed by atoms with van der Waals surface area (Å²) in [5, 5.41) is 9.77. The van der Waals surface area contributed by atoms with Crippen molar-refractivity contribution in [3.05, 3.63) is 78.9 Å². The summed E-state index contributed by atoms with van der Waals surface area (Å²) in [4.78, 5) is 8.30. The highest BCUT2D eigenvalue weighted by molar-refractivity contribution is 7.99. The van der Waals surface area contributed by atoms with Crippen LogP contribution in [0.5, 0.6) is 5.75 Å². The minimum atomic E-state index is 0.642. The first-order chi connectivity index (χ1) is 14.3. The Hall–Kier alpha value is -3.19. The average molecular weight is 404 g/mol. The van der Waals surface area contributed by atoms with E-state index < -0.39 is 0 Å². The van der Waals surface area contributed by atoms with Gasteiger partial charge in [-0.3, -0.25) is 14.5 Å². The number of rotatable bonds is 8. The van der Waals surface area contributed by atoms with Crippen LogP contribution < -0.4 is 4.74 Å². The fourth-order valence-electron chi connectivity index (χ4n) is 2.95. The number of benzene rings is 1. The topological polar surface area (TPSA) is 65.7 Å². The van der Waals surface area contributed by atoms with Crippen molar-refractivity contribution < 1.29 is 4.74 Å². The van der Waals surface area contributed by atoms with E-state index in [1.165, 1.54) is 5.56 Å². The predicted molar refractivity (Wildman–Crippen MR) is 114 cm³/mol. The Kier molecular flexibility index (Phi) is 6.16. The van der Waals surface area contributed by atoms with Gasteiger partial charge < -0.3 is 4.74 Å². The maximum atomic E-state index is 5.58. The summed E-state index contributed by atoms with van der Waals surface area (Å²) in [5.74, 6) is 2.51. The first kappa shape index (κ1) is 19.1. The molecule has 6 nitrogen and oxygen atoms in total. The Bertz CT molecular complexity index is 1040. The van der Waals surface area contributed by atoms with Gasteiger partial charge in [0.15, 0.2) is 11.0 Å². The molecule has 0 atom stereocenters. The van der Waals surface area contributed by atoms with E-state index in [1.54, 1.807) is 24.2 Å². The van der Waals surface area contributed by atoms with Crippen molar-refractivity contribution in [3.8, 4) is 22.8 Å². The van der Waals surface area contributed by atoms with Gasteiger partial charge in [-0.15, -0.1) is 10.2 Å². The number of hydrogen-bond acceptors (Lipinski definition) is 6. The molecule has 0 bridgehead atoms. The van der Waals surface area contributed by atoms with Crippen LogP contribution in [0.25, 0.3) is 17.1 Å². The summed E-state index contributed by atoms with van der Waals surface area (Å²) in [6.07, 6.45) is 8.14. The van der Waals surface area contributed by atoms with Gasteiger partial charge in [-0.25, -0.2) is 0 Å². The third-order valence-electron chi connectivity index (χ3n) is 4.33. The van der Waals surface area contributed by atoms with E-state index >= 15 is 0 Å². The number of ether oxygens (including phenoxy) is 1. The Morgan fingerprint density at radius 1 is 0.931 bits per heavy atom. The lowest BCUT2D eigenvalue weighted by Crippen LogP contribution is -2.01. The first-order valence-electron chi connectivity index (χ1n) is 9.46. The van der Waals surface area contributed by atoms with E-state index in [0.717, 1.165) is 40.2 Å². The van der Waals surface area contributed by atoms with E-state index in [0.29, 0.717) is 6.61 Å². The van der Waals surface area contributed by atoms with Crippen molar-refractivity contribution in [1.82, 2.24) is 24.7 Å². The van der Waals surface area contributed by atoms with Crippen LogP contribution in [0.4, 0.5) is 0 Å². The summed E-state index contributed by atoms with van der Waals surface area (Å²) in [6.45, 7) is 2.62. The van der Waals surface area contributed by atoms with E-state index in [2.05, 4.69) is 24.7 Å². The Morgan fingerprint density at radius 2 is 1.76 bits per heavy atom. The molecule has 0 aliphatic heterocycles. The first-order valence-corrected chi connectivity index (χ1v) is 10.4. The van der Waals surface area contributed by atoms with Gasteiger partial charge in [-0.05, 0) is 67.4 Å². The molecule has 0 aliphatic carbocycles. The van der Waals surface area contributed by atoms with Crippen LogP contribution in [0.1, 0.15) is 12.5 Å². The molecule has 29 heavy (non-hydrogen) atoms. The molecule has 0 N–H and O–H groups in total. The van der Waals surface area contributed by atoms with Crippen molar-refractivity contribution in [3.63, 3.8) is 0 Å². The fraction of sp³-hybridized carbons (Fsp3) is 0.182. The number of hydrogen-bond donors (Lipinski definition) is 0. The number of nitrogens with zero attached hydrogens (tertiary/aromatic N) is 5. The zero-order valence-corrected chi connectivity index (χ0v) is 16.9. The molecule has 7 heteroatoms. The lowest BCUT2D eigenvalue weighted by atomic mass is 10.2. The third kappa shape index (κ3) is 4.63. The lowest BCUT2D eigenvalue weighted by molar-refractivity contribution is 0.340. The second kappa shape index (κ2) is 9.34. The molecule has 0 spiro atoms. The van der Waals surface area contributed by atoms with Crippen molar-refractivity contribution in [1.29, 1.82) is 0 Å². The minimum Gasteiger partial charge on any atom is -0.494 e. The van der Waals surface area contributed by atoms with Crippen LogP contribution in [0.15, 0.2) is 78.5 Å². The molecule has 4 aromatic rings. The second-order valence-electron chi connectivity index (χ2n) is 6.26. The highest BCUT2D eigenvalue weighted by Crippen LogP contribution is 2.29. The van der Waals surface area contributed by atoms with Crippen molar-refractivity contribution >= 4 is 11.8 Å². The van der Waals surface area contributed by atoms with Gasteiger partial charge in [0.2, 0.25) is 0 Å². The molecule has 0 fully saturated rings. The van der Waals surface area contributed by atoms with Crippen molar-refractivity contribution in [2.24, 2.45) is 0 Å². The monoisotopic (exact) mass is 403 g/mol. The average Bonchev–Trinajstić information content (AvgIpc) is 3.20. The molecule has 3 aromatic heterocycles. The normalized spacial score (nSPS) is 10.8. The molecule has 0 amide bonds. The van der Waals surface area contributed by atoms with E-state index in [-0.39, 0.29) is 0 Å². The van der Waals surface area contributed by atoms with E-state index in [1.807, 2.05) is 67.8 Å². The molecule has 0 unspecified atom stereocenters. The van der Waals surface area contributed by atoms with Crippen LogP contribution in [-0.4, -0.2) is 37.1 Å². The summed E-state index contributed by atoms with van der Waals surface area (Å²) in [5.41, 5.74) is 3.17. The zero-order chi connectivity index (χ0) is 19.9. The third-order valence-corrected chi connectivity index (χ3v) is 5.26. The molecule has 0 saturated carbocycles. The number of pyridine rings is 2. The van der Waals surface area contributed by atoms with Gasteiger partial charge in [-0.1, -0.05) is 11.8 Å². The van der Waals surface area contributed by atoms with Crippen LogP contribution in [0.2, 0.25) is 0 Å². The molecular weight excluding hydrogens is 382 g/mol. The summed E-state index contributed by atoms with van der Waals surface area (Å²) in [6, 6.07) is 16.0. The molecule has 0 aliphatic rings. The van der Waals surface area contributed by atoms with Gasteiger partial charge in [0.25, 0.3) is 0 Å². The van der Waals surface area contributed by atoms with Crippen LogP contribution in [-0.2, 0) is 6.42 Å².